The molecule has 1 aliphatic rings. The van der Waals surface area contributed by atoms with E-state index in [-0.39, 0.29) is 11.8 Å². The summed E-state index contributed by atoms with van der Waals surface area (Å²) in [5.41, 5.74) is 0.644. The van der Waals surface area contributed by atoms with Gasteiger partial charge in [0.15, 0.2) is 0 Å². The monoisotopic (exact) mass is 319 g/mol. The van der Waals surface area contributed by atoms with E-state index in [0.717, 1.165) is 6.42 Å². The molecule has 0 aliphatic carbocycles. The summed E-state index contributed by atoms with van der Waals surface area (Å²) < 4.78 is 4.61. The lowest BCUT2D eigenvalue weighted by Crippen LogP contribution is -2.49. The molecule has 1 aromatic carbocycles. The summed E-state index contributed by atoms with van der Waals surface area (Å²) in [6, 6.07) is 7.52. The number of amides is 3. The van der Waals surface area contributed by atoms with Crippen molar-refractivity contribution >= 4 is 17.9 Å². The summed E-state index contributed by atoms with van der Waals surface area (Å²) in [4.78, 5) is 38.0. The van der Waals surface area contributed by atoms with Crippen molar-refractivity contribution in [2.75, 3.05) is 20.7 Å². The first kappa shape index (κ1) is 16.8. The van der Waals surface area contributed by atoms with Gasteiger partial charge in [-0.25, -0.2) is 4.79 Å². The van der Waals surface area contributed by atoms with Crippen LogP contribution in [0.5, 0.6) is 0 Å². The van der Waals surface area contributed by atoms with Gasteiger partial charge in [0.1, 0.15) is 12.1 Å². The predicted molar refractivity (Wildman–Crippen MR) is 83.5 cm³/mol. The van der Waals surface area contributed by atoms with Gasteiger partial charge in [-0.3, -0.25) is 9.59 Å². The molecule has 7 nitrogen and oxygen atoms in total. The van der Waals surface area contributed by atoms with Crippen molar-refractivity contribution in [1.29, 1.82) is 0 Å². The first-order valence-corrected chi connectivity index (χ1v) is 7.50. The maximum Gasteiger partial charge on any atom is 0.407 e. The Bertz CT molecular complexity index is 576. The average molecular weight is 319 g/mol. The number of methoxy groups -OCH3 is 1. The number of nitrogens with one attached hydrogen (secondary N) is 2. The molecule has 1 aromatic rings. The number of nitrogens with zero attached hydrogens (tertiary/aromatic N) is 1. The largest absolute Gasteiger partial charge is 0.453 e. The van der Waals surface area contributed by atoms with E-state index >= 15 is 0 Å². The summed E-state index contributed by atoms with van der Waals surface area (Å²) in [7, 11) is 2.79. The molecule has 124 valence electrons. The van der Waals surface area contributed by atoms with Gasteiger partial charge in [0.2, 0.25) is 5.91 Å². The van der Waals surface area contributed by atoms with Crippen molar-refractivity contribution < 1.29 is 19.1 Å². The fourth-order valence-corrected chi connectivity index (χ4v) is 2.75. The minimum atomic E-state index is -0.881. The first-order chi connectivity index (χ1) is 11.1. The Labute approximate surface area is 135 Å². The molecule has 0 unspecified atom stereocenters. The van der Waals surface area contributed by atoms with Crippen LogP contribution in [0, 0.1) is 0 Å². The van der Waals surface area contributed by atoms with Crippen LogP contribution in [0.2, 0.25) is 0 Å². The fraction of sp³-hybridized carbons (Fsp3) is 0.438. The topological polar surface area (TPSA) is 87.7 Å². The Hall–Kier alpha value is -2.57. The second-order valence-corrected chi connectivity index (χ2v) is 5.28. The van der Waals surface area contributed by atoms with E-state index < -0.39 is 18.2 Å². The lowest BCUT2D eigenvalue weighted by molar-refractivity contribution is -0.139. The molecule has 0 bridgehead atoms. The van der Waals surface area contributed by atoms with Crippen LogP contribution in [0.15, 0.2) is 30.3 Å². The SMILES string of the molecule is CNC(=O)[C@@H]1CCCN1C(=O)[C@@H](NC(=O)OC)c1ccccc1. The molecule has 2 rings (SSSR count). The minimum Gasteiger partial charge on any atom is -0.453 e. The molecule has 23 heavy (non-hydrogen) atoms. The third-order valence-electron chi connectivity index (χ3n) is 3.91. The molecule has 0 saturated carbocycles. The molecular weight excluding hydrogens is 298 g/mol. The number of hydrogen-bond donors (Lipinski definition) is 2. The molecule has 3 amide bonds. The summed E-state index contributed by atoms with van der Waals surface area (Å²) in [6.07, 6.45) is 0.678. The van der Waals surface area contributed by atoms with E-state index in [9.17, 15) is 14.4 Å². The second kappa shape index (κ2) is 7.62. The maximum absolute atomic E-state index is 12.9. The molecule has 0 aromatic heterocycles. The number of ether oxygens (including phenoxy) is 1. The summed E-state index contributed by atoms with van der Waals surface area (Å²) in [5, 5.41) is 5.13. The number of rotatable bonds is 4. The van der Waals surface area contributed by atoms with Crippen LogP contribution in [0.3, 0.4) is 0 Å². The highest BCUT2D eigenvalue weighted by Gasteiger charge is 2.37. The Morgan fingerprint density at radius 1 is 1.26 bits per heavy atom. The van der Waals surface area contributed by atoms with Gasteiger partial charge < -0.3 is 20.3 Å². The highest BCUT2D eigenvalue weighted by atomic mass is 16.5. The number of hydrogen-bond acceptors (Lipinski definition) is 4. The van der Waals surface area contributed by atoms with Crippen molar-refractivity contribution in [3.63, 3.8) is 0 Å². The number of carbonyl (C=O) groups excluding carboxylic acids is 3. The van der Waals surface area contributed by atoms with Gasteiger partial charge in [0, 0.05) is 13.6 Å². The second-order valence-electron chi connectivity index (χ2n) is 5.28. The first-order valence-electron chi connectivity index (χ1n) is 7.50. The molecule has 1 aliphatic heterocycles. The van der Waals surface area contributed by atoms with Gasteiger partial charge in [-0.15, -0.1) is 0 Å². The van der Waals surface area contributed by atoms with E-state index in [1.165, 1.54) is 12.0 Å². The van der Waals surface area contributed by atoms with Crippen LogP contribution in [0.4, 0.5) is 4.79 Å². The zero-order chi connectivity index (χ0) is 16.8. The molecule has 2 atom stereocenters. The Kier molecular flexibility index (Phi) is 5.56. The van der Waals surface area contributed by atoms with Gasteiger partial charge in [0.05, 0.1) is 7.11 Å². The summed E-state index contributed by atoms with van der Waals surface area (Å²) in [6.45, 7) is 0.489. The molecule has 1 saturated heterocycles. The van der Waals surface area contributed by atoms with E-state index in [0.29, 0.717) is 18.5 Å². The Morgan fingerprint density at radius 3 is 2.57 bits per heavy atom. The Balaban J connectivity index is 2.25. The van der Waals surface area contributed by atoms with Crippen LogP contribution >= 0.6 is 0 Å². The van der Waals surface area contributed by atoms with Crippen LogP contribution < -0.4 is 10.6 Å². The molecular formula is C16H21N3O4. The Morgan fingerprint density at radius 2 is 1.96 bits per heavy atom. The van der Waals surface area contributed by atoms with Crippen molar-refractivity contribution in [2.24, 2.45) is 0 Å². The standard InChI is InChI=1S/C16H21N3O4/c1-17-14(20)12-9-6-10-19(12)15(21)13(18-16(22)23-2)11-7-4-3-5-8-11/h3-5,7-8,12-13H,6,9-10H2,1-2H3,(H,17,20)(H,18,22)/t12-,13-/m0/s1. The van der Waals surface area contributed by atoms with Gasteiger partial charge in [-0.1, -0.05) is 30.3 Å². The van der Waals surface area contributed by atoms with Crippen molar-refractivity contribution in [3.05, 3.63) is 35.9 Å². The number of likely N-dealkylation sites (tertiary alicyclic amines) is 1. The van der Waals surface area contributed by atoms with E-state index in [4.69, 9.17) is 0 Å². The lowest BCUT2D eigenvalue weighted by atomic mass is 10.1. The van der Waals surface area contributed by atoms with Crippen LogP contribution in [-0.2, 0) is 14.3 Å². The number of alkyl carbamates (subject to hydrolysis) is 1. The third kappa shape index (κ3) is 3.80. The van der Waals surface area contributed by atoms with Gasteiger partial charge in [-0.05, 0) is 18.4 Å². The summed E-state index contributed by atoms with van der Waals surface area (Å²) >= 11 is 0. The maximum atomic E-state index is 12.9. The normalized spacial score (nSPS) is 18.2. The number of carbonyl (C=O) groups is 3. The zero-order valence-electron chi connectivity index (χ0n) is 13.2. The summed E-state index contributed by atoms with van der Waals surface area (Å²) in [5.74, 6) is -0.506. The highest BCUT2D eigenvalue weighted by Crippen LogP contribution is 2.23. The number of likely N-dealkylation sites (N-methyl/N-ethyl adjacent to an activating group) is 1. The molecule has 2 N–H and O–H groups in total. The van der Waals surface area contributed by atoms with Crippen molar-refractivity contribution in [1.82, 2.24) is 15.5 Å². The third-order valence-corrected chi connectivity index (χ3v) is 3.91. The van der Waals surface area contributed by atoms with E-state index in [1.54, 1.807) is 31.3 Å². The molecule has 1 fully saturated rings. The zero-order valence-corrected chi connectivity index (χ0v) is 13.2. The quantitative estimate of drug-likeness (QED) is 0.860. The smallest absolute Gasteiger partial charge is 0.407 e. The molecule has 7 heteroatoms. The lowest BCUT2D eigenvalue weighted by Gasteiger charge is -2.28. The van der Waals surface area contributed by atoms with Crippen LogP contribution in [0.25, 0.3) is 0 Å². The van der Waals surface area contributed by atoms with Crippen LogP contribution in [-0.4, -0.2) is 49.6 Å². The highest BCUT2D eigenvalue weighted by molar-refractivity contribution is 5.92. The molecule has 0 spiro atoms. The predicted octanol–water partition coefficient (Wildman–Crippen LogP) is 0.821. The minimum absolute atomic E-state index is 0.194. The fourth-order valence-electron chi connectivity index (χ4n) is 2.75. The van der Waals surface area contributed by atoms with Crippen LogP contribution in [0.1, 0.15) is 24.4 Å². The number of benzene rings is 1. The van der Waals surface area contributed by atoms with E-state index in [2.05, 4.69) is 15.4 Å². The van der Waals surface area contributed by atoms with Crippen molar-refractivity contribution in [3.8, 4) is 0 Å². The van der Waals surface area contributed by atoms with Gasteiger partial charge in [-0.2, -0.15) is 0 Å². The average Bonchev–Trinajstić information content (AvgIpc) is 3.08. The van der Waals surface area contributed by atoms with Gasteiger partial charge >= 0.3 is 6.09 Å². The van der Waals surface area contributed by atoms with Crippen molar-refractivity contribution in [2.45, 2.75) is 24.9 Å². The van der Waals surface area contributed by atoms with Gasteiger partial charge in [0.25, 0.3) is 5.91 Å². The molecule has 1 heterocycles. The van der Waals surface area contributed by atoms with E-state index in [1.807, 2.05) is 6.07 Å². The molecule has 0 radical (unpaired) electrons.